The smallest absolute Gasteiger partial charge is 0.278 e. The number of anilines is 2. The fourth-order valence-electron chi connectivity index (χ4n) is 2.33. The Kier molecular flexibility index (Phi) is 4.26. The van der Waals surface area contributed by atoms with E-state index in [2.05, 4.69) is 25.6 Å². The molecule has 0 saturated carbocycles. The van der Waals surface area contributed by atoms with E-state index in [9.17, 15) is 4.79 Å². The maximum atomic E-state index is 12.6. The van der Waals surface area contributed by atoms with E-state index >= 15 is 0 Å². The number of H-pyrrole nitrogens is 1. The molecule has 1 saturated heterocycles. The Bertz CT molecular complexity index is 665. The highest BCUT2D eigenvalue weighted by molar-refractivity contribution is 6.30. The number of aromatic amines is 1. The second-order valence-electron chi connectivity index (χ2n) is 5.25. The zero-order valence-electron chi connectivity index (χ0n) is 12.2. The Morgan fingerprint density at radius 2 is 2.05 bits per heavy atom. The summed E-state index contributed by atoms with van der Waals surface area (Å²) < 4.78 is 0. The van der Waals surface area contributed by atoms with Crippen LogP contribution < -0.4 is 5.32 Å². The van der Waals surface area contributed by atoms with Gasteiger partial charge in [-0.15, -0.1) is 10.2 Å². The summed E-state index contributed by atoms with van der Waals surface area (Å²) >= 11 is 5.96. The van der Waals surface area contributed by atoms with Crippen LogP contribution in [0.25, 0.3) is 0 Å². The van der Waals surface area contributed by atoms with Gasteiger partial charge >= 0.3 is 0 Å². The average Bonchev–Trinajstić information content (AvgIpc) is 2.95. The number of carbonyl (C=O) groups is 1. The van der Waals surface area contributed by atoms with Gasteiger partial charge < -0.3 is 15.1 Å². The molecule has 0 spiro atoms. The Morgan fingerprint density at radius 3 is 2.77 bits per heavy atom. The van der Waals surface area contributed by atoms with E-state index in [0.29, 0.717) is 29.6 Å². The predicted octanol–water partition coefficient (Wildman–Crippen LogP) is 1.59. The number of benzene rings is 1. The number of hydrogen-bond acceptors (Lipinski definition) is 5. The molecule has 2 N–H and O–H groups in total. The van der Waals surface area contributed by atoms with Crippen molar-refractivity contribution in [1.29, 1.82) is 0 Å². The number of aromatic nitrogens is 3. The third kappa shape index (κ3) is 3.20. The molecule has 1 amide bonds. The Balaban J connectivity index is 1.75. The molecule has 0 atom stereocenters. The average molecular weight is 321 g/mol. The molecule has 1 aromatic heterocycles. The van der Waals surface area contributed by atoms with Gasteiger partial charge in [0.1, 0.15) is 0 Å². The molecule has 2 aromatic rings. The molecule has 1 aliphatic heterocycles. The Labute approximate surface area is 133 Å². The van der Waals surface area contributed by atoms with Crippen molar-refractivity contribution in [3.63, 3.8) is 0 Å². The predicted molar refractivity (Wildman–Crippen MR) is 84.5 cm³/mol. The van der Waals surface area contributed by atoms with Crippen LogP contribution in [0.2, 0.25) is 5.02 Å². The van der Waals surface area contributed by atoms with Crippen LogP contribution in [0, 0.1) is 0 Å². The minimum absolute atomic E-state index is 0.119. The highest BCUT2D eigenvalue weighted by atomic mass is 35.5. The van der Waals surface area contributed by atoms with Gasteiger partial charge in [0.15, 0.2) is 11.5 Å². The molecule has 8 heteroatoms. The first-order valence-electron chi connectivity index (χ1n) is 7.04. The van der Waals surface area contributed by atoms with Crippen molar-refractivity contribution in [2.45, 2.75) is 0 Å². The lowest BCUT2D eigenvalue weighted by atomic mass is 10.2. The Hall–Kier alpha value is -2.12. The van der Waals surface area contributed by atoms with Gasteiger partial charge in [-0.2, -0.15) is 5.21 Å². The van der Waals surface area contributed by atoms with Gasteiger partial charge in [0.2, 0.25) is 0 Å². The van der Waals surface area contributed by atoms with Crippen LogP contribution in [-0.2, 0) is 0 Å². The molecular weight excluding hydrogens is 304 g/mol. The van der Waals surface area contributed by atoms with Gasteiger partial charge in [0, 0.05) is 36.9 Å². The first-order valence-corrected chi connectivity index (χ1v) is 7.42. The molecule has 0 bridgehead atoms. The molecular formula is C14H17ClN6O. The van der Waals surface area contributed by atoms with Crippen LogP contribution in [-0.4, -0.2) is 64.3 Å². The van der Waals surface area contributed by atoms with E-state index in [-0.39, 0.29) is 5.91 Å². The van der Waals surface area contributed by atoms with Crippen molar-refractivity contribution in [3.05, 3.63) is 35.0 Å². The van der Waals surface area contributed by atoms with Gasteiger partial charge in [-0.05, 0) is 25.2 Å². The molecule has 1 aromatic carbocycles. The van der Waals surface area contributed by atoms with E-state index < -0.39 is 0 Å². The SMILES string of the molecule is CN1CCN(C(=O)c2n[nH]nc2Nc2cccc(Cl)c2)CC1. The van der Waals surface area contributed by atoms with Gasteiger partial charge in [-0.3, -0.25) is 4.79 Å². The number of carbonyl (C=O) groups excluding carboxylic acids is 1. The van der Waals surface area contributed by atoms with Crippen LogP contribution in [0.15, 0.2) is 24.3 Å². The van der Waals surface area contributed by atoms with E-state index in [4.69, 9.17) is 11.6 Å². The lowest BCUT2D eigenvalue weighted by Gasteiger charge is -2.31. The van der Waals surface area contributed by atoms with Gasteiger partial charge in [-0.25, -0.2) is 0 Å². The second kappa shape index (κ2) is 6.33. The lowest BCUT2D eigenvalue weighted by Crippen LogP contribution is -2.47. The number of nitrogens with zero attached hydrogens (tertiary/aromatic N) is 4. The van der Waals surface area contributed by atoms with Crippen LogP contribution in [0.3, 0.4) is 0 Å². The summed E-state index contributed by atoms with van der Waals surface area (Å²) in [5.41, 5.74) is 1.05. The zero-order valence-corrected chi connectivity index (χ0v) is 13.0. The molecule has 0 unspecified atom stereocenters. The summed E-state index contributed by atoms with van der Waals surface area (Å²) in [5.74, 6) is 0.289. The summed E-state index contributed by atoms with van der Waals surface area (Å²) in [6, 6.07) is 7.23. The first-order chi connectivity index (χ1) is 10.6. The van der Waals surface area contributed by atoms with E-state index in [1.165, 1.54) is 0 Å². The molecule has 3 rings (SSSR count). The summed E-state index contributed by atoms with van der Waals surface area (Å²) in [6.45, 7) is 3.11. The maximum Gasteiger partial charge on any atom is 0.278 e. The van der Waals surface area contributed by atoms with Crippen LogP contribution >= 0.6 is 11.6 Å². The maximum absolute atomic E-state index is 12.6. The van der Waals surface area contributed by atoms with Gasteiger partial charge in [0.25, 0.3) is 5.91 Å². The number of likely N-dealkylation sites (N-methyl/N-ethyl adjacent to an activating group) is 1. The second-order valence-corrected chi connectivity index (χ2v) is 5.69. The summed E-state index contributed by atoms with van der Waals surface area (Å²) in [7, 11) is 2.05. The highest BCUT2D eigenvalue weighted by Crippen LogP contribution is 2.21. The van der Waals surface area contributed by atoms with E-state index in [1.54, 1.807) is 17.0 Å². The molecule has 1 aliphatic rings. The molecule has 2 heterocycles. The van der Waals surface area contributed by atoms with Crippen molar-refractivity contribution in [2.24, 2.45) is 0 Å². The molecule has 0 aliphatic carbocycles. The van der Waals surface area contributed by atoms with E-state index in [1.807, 2.05) is 19.2 Å². The van der Waals surface area contributed by atoms with Crippen molar-refractivity contribution in [2.75, 3.05) is 38.5 Å². The third-order valence-electron chi connectivity index (χ3n) is 3.63. The number of nitrogens with one attached hydrogen (secondary N) is 2. The van der Waals surface area contributed by atoms with Crippen molar-refractivity contribution >= 4 is 29.0 Å². The van der Waals surface area contributed by atoms with Crippen LogP contribution in [0.5, 0.6) is 0 Å². The molecule has 1 fully saturated rings. The number of piperazine rings is 1. The summed E-state index contributed by atoms with van der Waals surface area (Å²) in [5, 5.41) is 14.2. The summed E-state index contributed by atoms with van der Waals surface area (Å²) in [4.78, 5) is 16.5. The standard InChI is InChI=1S/C14H17ClN6O/c1-20-5-7-21(8-6-20)14(22)12-13(18-19-17-12)16-11-4-2-3-10(15)9-11/h2-4,9H,5-8H2,1H3,(H2,16,17,18,19). The molecule has 116 valence electrons. The topological polar surface area (TPSA) is 77.2 Å². The van der Waals surface area contributed by atoms with Crippen molar-refractivity contribution < 1.29 is 4.79 Å². The van der Waals surface area contributed by atoms with Crippen LogP contribution in [0.4, 0.5) is 11.5 Å². The molecule has 7 nitrogen and oxygen atoms in total. The summed E-state index contributed by atoms with van der Waals surface area (Å²) in [6.07, 6.45) is 0. The third-order valence-corrected chi connectivity index (χ3v) is 3.86. The molecule has 22 heavy (non-hydrogen) atoms. The zero-order chi connectivity index (χ0) is 15.5. The Morgan fingerprint density at radius 1 is 1.27 bits per heavy atom. The van der Waals surface area contributed by atoms with Gasteiger partial charge in [0.05, 0.1) is 0 Å². The number of halogens is 1. The van der Waals surface area contributed by atoms with E-state index in [0.717, 1.165) is 18.8 Å². The minimum atomic E-state index is -0.119. The van der Waals surface area contributed by atoms with Crippen molar-refractivity contribution in [1.82, 2.24) is 25.2 Å². The fraction of sp³-hybridized carbons (Fsp3) is 0.357. The van der Waals surface area contributed by atoms with Crippen LogP contribution in [0.1, 0.15) is 10.5 Å². The number of hydrogen-bond donors (Lipinski definition) is 2. The number of rotatable bonds is 3. The minimum Gasteiger partial charge on any atom is -0.337 e. The van der Waals surface area contributed by atoms with Crippen molar-refractivity contribution in [3.8, 4) is 0 Å². The highest BCUT2D eigenvalue weighted by Gasteiger charge is 2.25. The quantitative estimate of drug-likeness (QED) is 0.898. The fourth-order valence-corrected chi connectivity index (χ4v) is 2.52. The lowest BCUT2D eigenvalue weighted by molar-refractivity contribution is 0.0659. The normalized spacial score (nSPS) is 15.8. The molecule has 0 radical (unpaired) electrons. The first kappa shape index (κ1) is 14.8. The number of amides is 1. The van der Waals surface area contributed by atoms with Gasteiger partial charge in [-0.1, -0.05) is 17.7 Å². The monoisotopic (exact) mass is 320 g/mol. The largest absolute Gasteiger partial charge is 0.337 e.